The fraction of sp³-hybridized carbons (Fsp3) is 0.474. The van der Waals surface area contributed by atoms with Crippen molar-refractivity contribution >= 4 is 11.8 Å². The summed E-state index contributed by atoms with van der Waals surface area (Å²) in [6.07, 6.45) is 1.84. The quantitative estimate of drug-likeness (QED) is 0.763. The molecule has 0 fully saturated rings. The first-order valence-electron chi connectivity index (χ1n) is 8.50. The third-order valence-corrected chi connectivity index (χ3v) is 4.87. The summed E-state index contributed by atoms with van der Waals surface area (Å²) >= 11 is 0. The van der Waals surface area contributed by atoms with Crippen LogP contribution in [0, 0.1) is 0 Å². The monoisotopic (exact) mass is 362 g/mol. The number of nitrogens with zero attached hydrogens (tertiary/aromatic N) is 1. The topological polar surface area (TPSA) is 82.8 Å². The zero-order chi connectivity index (χ0) is 19.3. The lowest BCUT2D eigenvalue weighted by Crippen LogP contribution is -2.19. The number of carbonyl (C=O) groups excluding carboxylic acids is 1. The van der Waals surface area contributed by atoms with Crippen LogP contribution in [-0.2, 0) is 5.41 Å². The molecule has 0 spiro atoms. The van der Waals surface area contributed by atoms with Gasteiger partial charge in [0.05, 0.1) is 27.0 Å². The number of rotatable bonds is 8. The lowest BCUT2D eigenvalue weighted by molar-refractivity contribution is 0.101. The molecule has 7 heteroatoms. The zero-order valence-corrected chi connectivity index (χ0v) is 16.1. The fourth-order valence-corrected chi connectivity index (χ4v) is 2.63. The maximum Gasteiger partial charge on any atom is 0.265 e. The van der Waals surface area contributed by atoms with Crippen molar-refractivity contribution < 1.29 is 23.5 Å². The van der Waals surface area contributed by atoms with Gasteiger partial charge in [-0.15, -0.1) is 0 Å². The van der Waals surface area contributed by atoms with Gasteiger partial charge in [-0.1, -0.05) is 25.9 Å². The molecule has 0 aliphatic rings. The van der Waals surface area contributed by atoms with Crippen LogP contribution in [0.25, 0.3) is 0 Å². The number of ether oxygens (including phenoxy) is 3. The van der Waals surface area contributed by atoms with E-state index < -0.39 is 5.91 Å². The molecule has 26 heavy (non-hydrogen) atoms. The number of amides is 1. The van der Waals surface area contributed by atoms with Crippen molar-refractivity contribution in [3.63, 3.8) is 0 Å². The van der Waals surface area contributed by atoms with Gasteiger partial charge in [-0.2, -0.15) is 0 Å². The van der Waals surface area contributed by atoms with Gasteiger partial charge in [0.2, 0.25) is 5.88 Å². The second-order valence-electron chi connectivity index (χ2n) is 6.21. The number of anilines is 1. The molecule has 0 saturated heterocycles. The molecule has 7 nitrogen and oxygen atoms in total. The molecule has 1 N–H and O–H groups in total. The van der Waals surface area contributed by atoms with Crippen LogP contribution in [0.4, 0.5) is 5.88 Å². The van der Waals surface area contributed by atoms with E-state index in [-0.39, 0.29) is 16.9 Å². The van der Waals surface area contributed by atoms with Crippen LogP contribution < -0.4 is 19.5 Å². The van der Waals surface area contributed by atoms with E-state index in [0.29, 0.717) is 17.2 Å². The Morgan fingerprint density at radius 3 is 2.12 bits per heavy atom. The number of nitrogens with one attached hydrogen (secondary N) is 1. The van der Waals surface area contributed by atoms with Crippen LogP contribution >= 0.6 is 0 Å². The van der Waals surface area contributed by atoms with E-state index in [1.54, 1.807) is 18.2 Å². The highest BCUT2D eigenvalue weighted by atomic mass is 16.5. The molecule has 0 atom stereocenters. The molecule has 0 unspecified atom stereocenters. The molecule has 142 valence electrons. The van der Waals surface area contributed by atoms with Gasteiger partial charge in [0.25, 0.3) is 5.91 Å². The average Bonchev–Trinajstić information content (AvgIpc) is 3.14. The van der Waals surface area contributed by atoms with Crippen LogP contribution in [0.1, 0.15) is 49.7 Å². The smallest absolute Gasteiger partial charge is 0.265 e. The number of hydrogen-bond donors (Lipinski definition) is 1. The summed E-state index contributed by atoms with van der Waals surface area (Å²) in [5.74, 6) is 1.06. The molecule has 0 aliphatic heterocycles. The van der Waals surface area contributed by atoms with Crippen molar-refractivity contribution in [2.24, 2.45) is 0 Å². The van der Waals surface area contributed by atoms with Crippen LogP contribution in [-0.4, -0.2) is 32.4 Å². The largest absolute Gasteiger partial charge is 0.496 e. The van der Waals surface area contributed by atoms with E-state index in [9.17, 15) is 4.79 Å². The Hall–Kier alpha value is -2.70. The Kier molecular flexibility index (Phi) is 6.13. The van der Waals surface area contributed by atoms with Crippen LogP contribution in [0.15, 0.2) is 22.7 Å². The Morgan fingerprint density at radius 2 is 1.65 bits per heavy atom. The number of hydrogen-bond acceptors (Lipinski definition) is 6. The van der Waals surface area contributed by atoms with Crippen molar-refractivity contribution in [3.05, 3.63) is 29.5 Å². The molecule has 1 amide bonds. The standard InChI is InChI=1S/C19H26N2O5/c1-7-19(3,8-2)15-11-16(26-21-15)20-18(22)17-13(24-5)9-12(23-4)10-14(17)25-6/h9-11H,7-8H2,1-6H3,(H,20,22). The summed E-state index contributed by atoms with van der Waals surface area (Å²) in [7, 11) is 4.49. The number of methoxy groups -OCH3 is 3. The summed E-state index contributed by atoms with van der Waals surface area (Å²) in [6.45, 7) is 6.32. The molecular weight excluding hydrogens is 336 g/mol. The summed E-state index contributed by atoms with van der Waals surface area (Å²) in [4.78, 5) is 12.8. The summed E-state index contributed by atoms with van der Waals surface area (Å²) in [5.41, 5.74) is 0.969. The van der Waals surface area contributed by atoms with Gasteiger partial charge in [0.15, 0.2) is 0 Å². The van der Waals surface area contributed by atoms with Crippen molar-refractivity contribution in [1.29, 1.82) is 0 Å². The Morgan fingerprint density at radius 1 is 1.08 bits per heavy atom. The normalized spacial score (nSPS) is 11.2. The minimum absolute atomic E-state index is 0.0953. The van der Waals surface area contributed by atoms with Gasteiger partial charge < -0.3 is 18.7 Å². The van der Waals surface area contributed by atoms with Crippen molar-refractivity contribution in [2.75, 3.05) is 26.6 Å². The lowest BCUT2D eigenvalue weighted by Gasteiger charge is -2.22. The van der Waals surface area contributed by atoms with E-state index in [1.807, 2.05) is 0 Å². The molecule has 0 saturated carbocycles. The van der Waals surface area contributed by atoms with Gasteiger partial charge in [-0.25, -0.2) is 0 Å². The van der Waals surface area contributed by atoms with E-state index in [4.69, 9.17) is 18.7 Å². The first kappa shape index (κ1) is 19.6. The molecule has 1 aromatic heterocycles. The molecule has 1 heterocycles. The summed E-state index contributed by atoms with van der Waals surface area (Å²) < 4.78 is 21.1. The highest BCUT2D eigenvalue weighted by Crippen LogP contribution is 2.35. The van der Waals surface area contributed by atoms with Gasteiger partial charge in [-0.3, -0.25) is 10.1 Å². The molecule has 2 aromatic rings. The Balaban J connectivity index is 2.32. The zero-order valence-electron chi connectivity index (χ0n) is 16.1. The minimum Gasteiger partial charge on any atom is -0.496 e. The van der Waals surface area contributed by atoms with Gasteiger partial charge in [0.1, 0.15) is 22.8 Å². The van der Waals surface area contributed by atoms with Gasteiger partial charge in [0, 0.05) is 23.6 Å². The number of aromatic nitrogens is 1. The second kappa shape index (κ2) is 8.12. The molecule has 0 bridgehead atoms. The Bertz CT molecular complexity index is 740. The van der Waals surface area contributed by atoms with Crippen LogP contribution in [0.3, 0.4) is 0 Å². The molecule has 0 radical (unpaired) electrons. The van der Waals surface area contributed by atoms with E-state index in [1.165, 1.54) is 21.3 Å². The Labute approximate surface area is 153 Å². The first-order chi connectivity index (χ1) is 12.4. The predicted molar refractivity (Wildman–Crippen MR) is 98.5 cm³/mol. The van der Waals surface area contributed by atoms with Gasteiger partial charge >= 0.3 is 0 Å². The lowest BCUT2D eigenvalue weighted by atomic mass is 9.81. The third kappa shape index (κ3) is 3.76. The average molecular weight is 362 g/mol. The summed E-state index contributed by atoms with van der Waals surface area (Å²) in [5, 5.41) is 6.83. The SMILES string of the molecule is CCC(C)(CC)c1cc(NC(=O)c2c(OC)cc(OC)cc2OC)on1. The highest BCUT2D eigenvalue weighted by Gasteiger charge is 2.27. The number of benzene rings is 1. The van der Waals surface area contributed by atoms with E-state index in [2.05, 4.69) is 31.2 Å². The van der Waals surface area contributed by atoms with E-state index >= 15 is 0 Å². The minimum atomic E-state index is -0.418. The second-order valence-corrected chi connectivity index (χ2v) is 6.21. The molecular formula is C19H26N2O5. The van der Waals surface area contributed by atoms with E-state index in [0.717, 1.165) is 18.5 Å². The fourth-order valence-electron chi connectivity index (χ4n) is 2.63. The molecule has 0 aliphatic carbocycles. The third-order valence-electron chi connectivity index (χ3n) is 4.87. The van der Waals surface area contributed by atoms with Crippen molar-refractivity contribution in [1.82, 2.24) is 5.16 Å². The van der Waals surface area contributed by atoms with Gasteiger partial charge in [-0.05, 0) is 12.8 Å². The first-order valence-corrected chi connectivity index (χ1v) is 8.50. The summed E-state index contributed by atoms with van der Waals surface area (Å²) in [6, 6.07) is 5.00. The molecule has 1 aromatic carbocycles. The van der Waals surface area contributed by atoms with Crippen molar-refractivity contribution in [2.45, 2.75) is 39.0 Å². The molecule has 2 rings (SSSR count). The van der Waals surface area contributed by atoms with Crippen LogP contribution in [0.2, 0.25) is 0 Å². The van der Waals surface area contributed by atoms with Crippen LogP contribution in [0.5, 0.6) is 17.2 Å². The van der Waals surface area contributed by atoms with Crippen molar-refractivity contribution in [3.8, 4) is 17.2 Å². The highest BCUT2D eigenvalue weighted by molar-refractivity contribution is 6.07. The predicted octanol–water partition coefficient (Wildman–Crippen LogP) is 4.03. The maximum atomic E-state index is 12.8. The maximum absolute atomic E-state index is 12.8. The number of carbonyl (C=O) groups is 1.